The fraction of sp³-hybridized carbons (Fsp3) is 0.455. The van der Waals surface area contributed by atoms with E-state index in [2.05, 4.69) is 33.9 Å². The molecule has 7 nitrogen and oxygen atoms in total. The Morgan fingerprint density at radius 1 is 1.07 bits per heavy atom. The SMILES string of the molecule is COCCOc1ccc(NC(=O)c2ccc(N3CCN(C(C)C)CC3)cc2)cn1. The molecule has 1 fully saturated rings. The number of nitrogens with zero attached hydrogens (tertiary/aromatic N) is 3. The fourth-order valence-corrected chi connectivity index (χ4v) is 3.29. The Bertz CT molecular complexity index is 770. The van der Waals surface area contributed by atoms with E-state index in [0.29, 0.717) is 36.4 Å². The van der Waals surface area contributed by atoms with E-state index >= 15 is 0 Å². The summed E-state index contributed by atoms with van der Waals surface area (Å²) in [6.07, 6.45) is 1.59. The Morgan fingerprint density at radius 2 is 1.79 bits per heavy atom. The number of carbonyl (C=O) groups is 1. The molecule has 2 heterocycles. The number of hydrogen-bond acceptors (Lipinski definition) is 6. The summed E-state index contributed by atoms with van der Waals surface area (Å²) in [7, 11) is 1.62. The maximum absolute atomic E-state index is 12.5. The van der Waals surface area contributed by atoms with Crippen molar-refractivity contribution in [2.75, 3.05) is 56.7 Å². The van der Waals surface area contributed by atoms with Gasteiger partial charge < -0.3 is 19.7 Å². The number of piperazine rings is 1. The van der Waals surface area contributed by atoms with Crippen LogP contribution in [0.5, 0.6) is 5.88 Å². The largest absolute Gasteiger partial charge is 0.475 e. The van der Waals surface area contributed by atoms with E-state index in [0.717, 1.165) is 31.9 Å². The Hall–Kier alpha value is -2.64. The predicted octanol–water partition coefficient (Wildman–Crippen LogP) is 2.89. The molecule has 1 aliphatic rings. The van der Waals surface area contributed by atoms with Crippen molar-refractivity contribution in [3.8, 4) is 5.88 Å². The average Bonchev–Trinajstić information content (AvgIpc) is 2.75. The van der Waals surface area contributed by atoms with Gasteiger partial charge in [0.05, 0.1) is 18.5 Å². The zero-order valence-electron chi connectivity index (χ0n) is 17.4. The second kappa shape index (κ2) is 10.2. The Balaban J connectivity index is 1.52. The summed E-state index contributed by atoms with van der Waals surface area (Å²) < 4.78 is 10.4. The van der Waals surface area contributed by atoms with Crippen LogP contribution in [0.3, 0.4) is 0 Å². The van der Waals surface area contributed by atoms with Crippen molar-refractivity contribution >= 4 is 17.3 Å². The highest BCUT2D eigenvalue weighted by atomic mass is 16.5. The van der Waals surface area contributed by atoms with Gasteiger partial charge in [-0.2, -0.15) is 0 Å². The highest BCUT2D eigenvalue weighted by Gasteiger charge is 2.19. The maximum atomic E-state index is 12.5. The number of carbonyl (C=O) groups excluding carboxylic acids is 1. The average molecular weight is 399 g/mol. The molecule has 2 aromatic rings. The molecule has 0 atom stereocenters. The first kappa shape index (κ1) is 21.1. The van der Waals surface area contributed by atoms with E-state index in [1.165, 1.54) is 0 Å². The van der Waals surface area contributed by atoms with Crippen LogP contribution in [0, 0.1) is 0 Å². The van der Waals surface area contributed by atoms with Gasteiger partial charge >= 0.3 is 0 Å². The molecule has 0 unspecified atom stereocenters. The highest BCUT2D eigenvalue weighted by molar-refractivity contribution is 6.04. The fourth-order valence-electron chi connectivity index (χ4n) is 3.29. The molecule has 3 rings (SSSR count). The van der Waals surface area contributed by atoms with Crippen molar-refractivity contribution in [1.82, 2.24) is 9.88 Å². The van der Waals surface area contributed by atoms with Gasteiger partial charge in [-0.15, -0.1) is 0 Å². The minimum absolute atomic E-state index is 0.156. The molecule has 1 saturated heterocycles. The van der Waals surface area contributed by atoms with Crippen LogP contribution in [0.25, 0.3) is 0 Å². The first-order valence-corrected chi connectivity index (χ1v) is 10.0. The van der Waals surface area contributed by atoms with Crippen molar-refractivity contribution in [2.24, 2.45) is 0 Å². The Labute approximate surface area is 172 Å². The number of anilines is 2. The van der Waals surface area contributed by atoms with Gasteiger partial charge in [-0.25, -0.2) is 4.98 Å². The Kier molecular flexibility index (Phi) is 7.43. The third-order valence-electron chi connectivity index (χ3n) is 5.07. The first-order chi connectivity index (χ1) is 14.1. The second-order valence-electron chi connectivity index (χ2n) is 7.34. The predicted molar refractivity (Wildman–Crippen MR) is 115 cm³/mol. The van der Waals surface area contributed by atoms with Gasteiger partial charge in [0, 0.05) is 56.6 Å². The number of pyridine rings is 1. The molecule has 156 valence electrons. The molecule has 0 radical (unpaired) electrons. The van der Waals surface area contributed by atoms with Gasteiger partial charge in [-0.05, 0) is 44.2 Å². The molecule has 1 aliphatic heterocycles. The lowest BCUT2D eigenvalue weighted by molar-refractivity contribution is 0.102. The number of hydrogen-bond donors (Lipinski definition) is 1. The zero-order valence-corrected chi connectivity index (χ0v) is 17.4. The molecule has 7 heteroatoms. The monoisotopic (exact) mass is 398 g/mol. The number of rotatable bonds is 8. The Morgan fingerprint density at radius 3 is 2.38 bits per heavy atom. The molecule has 0 aliphatic carbocycles. The molecule has 1 amide bonds. The van der Waals surface area contributed by atoms with E-state index < -0.39 is 0 Å². The lowest BCUT2D eigenvalue weighted by atomic mass is 10.1. The van der Waals surface area contributed by atoms with Gasteiger partial charge in [0.2, 0.25) is 5.88 Å². The molecule has 0 bridgehead atoms. The number of ether oxygens (including phenoxy) is 2. The lowest BCUT2D eigenvalue weighted by Gasteiger charge is -2.38. The van der Waals surface area contributed by atoms with Crippen LogP contribution in [0.2, 0.25) is 0 Å². The van der Waals surface area contributed by atoms with Crippen LogP contribution in [0.4, 0.5) is 11.4 Å². The number of nitrogens with one attached hydrogen (secondary N) is 1. The van der Waals surface area contributed by atoms with Gasteiger partial charge in [-0.3, -0.25) is 9.69 Å². The maximum Gasteiger partial charge on any atom is 0.255 e. The molecular formula is C22H30N4O3. The number of amides is 1. The van der Waals surface area contributed by atoms with Crippen LogP contribution >= 0.6 is 0 Å². The van der Waals surface area contributed by atoms with Crippen molar-refractivity contribution in [2.45, 2.75) is 19.9 Å². The number of aromatic nitrogens is 1. The minimum Gasteiger partial charge on any atom is -0.475 e. The van der Waals surface area contributed by atoms with Crippen molar-refractivity contribution < 1.29 is 14.3 Å². The highest BCUT2D eigenvalue weighted by Crippen LogP contribution is 2.19. The topological polar surface area (TPSA) is 66.9 Å². The van der Waals surface area contributed by atoms with Crippen LogP contribution in [0.15, 0.2) is 42.6 Å². The summed E-state index contributed by atoms with van der Waals surface area (Å²) in [5.74, 6) is 0.345. The quantitative estimate of drug-likeness (QED) is 0.690. The molecule has 0 spiro atoms. The van der Waals surface area contributed by atoms with Gasteiger partial charge in [0.25, 0.3) is 5.91 Å². The van der Waals surface area contributed by atoms with Gasteiger partial charge in [0.15, 0.2) is 0 Å². The summed E-state index contributed by atoms with van der Waals surface area (Å²) >= 11 is 0. The molecular weight excluding hydrogens is 368 g/mol. The van der Waals surface area contributed by atoms with Gasteiger partial charge in [-0.1, -0.05) is 0 Å². The van der Waals surface area contributed by atoms with Crippen LogP contribution < -0.4 is 15.0 Å². The molecule has 29 heavy (non-hydrogen) atoms. The summed E-state index contributed by atoms with van der Waals surface area (Å²) in [5.41, 5.74) is 2.40. The molecule has 1 N–H and O–H groups in total. The zero-order chi connectivity index (χ0) is 20.6. The van der Waals surface area contributed by atoms with Crippen LogP contribution in [-0.4, -0.2) is 68.3 Å². The second-order valence-corrected chi connectivity index (χ2v) is 7.34. The number of methoxy groups -OCH3 is 1. The minimum atomic E-state index is -0.156. The third-order valence-corrected chi connectivity index (χ3v) is 5.07. The normalized spacial score (nSPS) is 14.8. The van der Waals surface area contributed by atoms with Crippen LogP contribution in [0.1, 0.15) is 24.2 Å². The van der Waals surface area contributed by atoms with E-state index in [1.54, 1.807) is 25.4 Å². The lowest BCUT2D eigenvalue weighted by Crippen LogP contribution is -2.48. The summed E-state index contributed by atoms with van der Waals surface area (Å²) in [4.78, 5) is 21.6. The summed E-state index contributed by atoms with van der Waals surface area (Å²) in [6, 6.07) is 11.9. The van der Waals surface area contributed by atoms with E-state index in [4.69, 9.17) is 9.47 Å². The smallest absolute Gasteiger partial charge is 0.255 e. The third kappa shape index (κ3) is 5.92. The van der Waals surface area contributed by atoms with Crippen LogP contribution in [-0.2, 0) is 4.74 Å². The summed E-state index contributed by atoms with van der Waals surface area (Å²) in [6.45, 7) is 9.57. The van der Waals surface area contributed by atoms with Crippen molar-refractivity contribution in [3.63, 3.8) is 0 Å². The molecule has 1 aromatic carbocycles. The standard InChI is InChI=1S/C22H30N4O3/c1-17(2)25-10-12-26(13-11-25)20-7-4-18(5-8-20)22(27)24-19-6-9-21(23-16-19)29-15-14-28-3/h4-9,16-17H,10-15H2,1-3H3,(H,24,27). The summed E-state index contributed by atoms with van der Waals surface area (Å²) in [5, 5.41) is 2.87. The van der Waals surface area contributed by atoms with Crippen molar-refractivity contribution in [1.29, 1.82) is 0 Å². The van der Waals surface area contributed by atoms with Crippen molar-refractivity contribution in [3.05, 3.63) is 48.2 Å². The first-order valence-electron chi connectivity index (χ1n) is 10.0. The molecule has 1 aromatic heterocycles. The van der Waals surface area contributed by atoms with E-state index in [-0.39, 0.29) is 5.91 Å². The number of benzene rings is 1. The van der Waals surface area contributed by atoms with Gasteiger partial charge in [0.1, 0.15) is 6.61 Å². The van der Waals surface area contributed by atoms with E-state index in [9.17, 15) is 4.79 Å². The van der Waals surface area contributed by atoms with E-state index in [1.807, 2.05) is 24.3 Å². The molecule has 0 saturated carbocycles.